The monoisotopic (exact) mass is 377 g/mol. The molecule has 146 valence electrons. The Balaban J connectivity index is 1.87. The second-order valence-corrected chi connectivity index (χ2v) is 7.34. The van der Waals surface area contributed by atoms with Gasteiger partial charge in [0.05, 0.1) is 32.0 Å². The third-order valence-electron chi connectivity index (χ3n) is 5.50. The highest BCUT2D eigenvalue weighted by molar-refractivity contribution is 5.91. The molecular weight excluding hydrogens is 350 g/mol. The first-order chi connectivity index (χ1) is 13.7. The smallest absolute Gasteiger partial charge is 0.170 e. The summed E-state index contributed by atoms with van der Waals surface area (Å²) in [5, 5.41) is 1.02. The van der Waals surface area contributed by atoms with Crippen LogP contribution < -0.4 is 14.2 Å². The van der Waals surface area contributed by atoms with Crippen LogP contribution in [0.3, 0.4) is 0 Å². The molecule has 2 aromatic carbocycles. The maximum atomic E-state index is 6.11. The molecule has 0 spiro atoms. The van der Waals surface area contributed by atoms with Gasteiger partial charge in [-0.3, -0.25) is 0 Å². The Morgan fingerprint density at radius 3 is 2.50 bits per heavy atom. The predicted molar refractivity (Wildman–Crippen MR) is 113 cm³/mol. The van der Waals surface area contributed by atoms with E-state index in [-0.39, 0.29) is 0 Å². The molecule has 0 saturated carbocycles. The van der Waals surface area contributed by atoms with E-state index in [4.69, 9.17) is 19.2 Å². The Kier molecular flexibility index (Phi) is 5.12. The highest BCUT2D eigenvalue weighted by Gasteiger charge is 2.22. The van der Waals surface area contributed by atoms with Gasteiger partial charge in [-0.2, -0.15) is 0 Å². The number of nitrogens with zero attached hydrogens (tertiary/aromatic N) is 1. The second kappa shape index (κ2) is 7.70. The van der Waals surface area contributed by atoms with Crippen LogP contribution in [-0.2, 0) is 12.8 Å². The van der Waals surface area contributed by atoms with Crippen molar-refractivity contribution in [2.75, 3.05) is 20.8 Å². The summed E-state index contributed by atoms with van der Waals surface area (Å²) in [6.45, 7) is 4.94. The number of fused-ring (bicyclic) bond motifs is 4. The number of aryl methyl sites for hydroxylation is 3. The number of unbranched alkanes of at least 4 members (excludes halogenated alkanes) is 1. The van der Waals surface area contributed by atoms with E-state index in [9.17, 15) is 0 Å². The van der Waals surface area contributed by atoms with E-state index in [1.807, 2.05) is 12.1 Å². The first-order valence-corrected chi connectivity index (χ1v) is 9.97. The van der Waals surface area contributed by atoms with E-state index >= 15 is 0 Å². The Labute approximate surface area is 166 Å². The van der Waals surface area contributed by atoms with E-state index in [0.29, 0.717) is 6.61 Å². The summed E-state index contributed by atoms with van der Waals surface area (Å²) in [6, 6.07) is 10.6. The fraction of sp³-hybridized carbons (Fsp3) is 0.375. The van der Waals surface area contributed by atoms with Gasteiger partial charge in [-0.25, -0.2) is 4.98 Å². The average Bonchev–Trinajstić information content (AvgIpc) is 2.72. The minimum absolute atomic E-state index is 0.683. The lowest BCUT2D eigenvalue weighted by Crippen LogP contribution is -2.08. The van der Waals surface area contributed by atoms with Crippen LogP contribution in [0.2, 0.25) is 0 Å². The normalized spacial score (nSPS) is 12.4. The number of benzene rings is 2. The Hall–Kier alpha value is -2.75. The van der Waals surface area contributed by atoms with E-state index < -0.39 is 0 Å². The predicted octanol–water partition coefficient (Wildman–Crippen LogP) is 5.50. The third kappa shape index (κ3) is 3.17. The largest absolute Gasteiger partial charge is 0.496 e. The maximum Gasteiger partial charge on any atom is 0.170 e. The SMILES string of the molecule is CCCCOc1c(OC)ccc2nc3c(cc12)CCc1cc(C)c(OC)cc1-3. The van der Waals surface area contributed by atoms with Crippen molar-refractivity contribution in [1.29, 1.82) is 0 Å². The molecule has 28 heavy (non-hydrogen) atoms. The summed E-state index contributed by atoms with van der Waals surface area (Å²) in [5.41, 5.74) is 6.91. The van der Waals surface area contributed by atoms with E-state index in [1.165, 1.54) is 22.3 Å². The molecule has 0 radical (unpaired) electrons. The van der Waals surface area contributed by atoms with Gasteiger partial charge in [0.1, 0.15) is 5.75 Å². The zero-order valence-electron chi connectivity index (χ0n) is 17.1. The maximum absolute atomic E-state index is 6.11. The van der Waals surface area contributed by atoms with Crippen molar-refractivity contribution >= 4 is 10.9 Å². The van der Waals surface area contributed by atoms with Crippen molar-refractivity contribution in [2.24, 2.45) is 0 Å². The van der Waals surface area contributed by atoms with Crippen molar-refractivity contribution in [1.82, 2.24) is 4.98 Å². The number of aromatic nitrogens is 1. The molecule has 0 bridgehead atoms. The molecule has 4 rings (SSSR count). The van der Waals surface area contributed by atoms with Crippen molar-refractivity contribution in [2.45, 2.75) is 39.5 Å². The Morgan fingerprint density at radius 1 is 0.964 bits per heavy atom. The third-order valence-corrected chi connectivity index (χ3v) is 5.50. The molecule has 0 N–H and O–H groups in total. The molecule has 0 aliphatic heterocycles. The van der Waals surface area contributed by atoms with Gasteiger partial charge in [0.25, 0.3) is 0 Å². The number of methoxy groups -OCH3 is 2. The van der Waals surface area contributed by atoms with Gasteiger partial charge in [-0.05, 0) is 67.1 Å². The van der Waals surface area contributed by atoms with Crippen molar-refractivity contribution in [3.8, 4) is 28.5 Å². The molecule has 1 heterocycles. The lowest BCUT2D eigenvalue weighted by molar-refractivity contribution is 0.292. The van der Waals surface area contributed by atoms with Crippen molar-refractivity contribution in [3.63, 3.8) is 0 Å². The standard InChI is InChI=1S/C24H27NO3/c1-5-6-11-28-24-19-13-17-8-7-16-12-15(2)22(27-4)14-18(16)23(17)25-20(19)9-10-21(24)26-3/h9-10,12-14H,5-8,11H2,1-4H3. The first-order valence-electron chi connectivity index (χ1n) is 9.97. The van der Waals surface area contributed by atoms with Gasteiger partial charge in [0.2, 0.25) is 0 Å². The van der Waals surface area contributed by atoms with Crippen LogP contribution >= 0.6 is 0 Å². The van der Waals surface area contributed by atoms with Crippen LogP contribution in [0.5, 0.6) is 17.2 Å². The van der Waals surface area contributed by atoms with Crippen LogP contribution in [0.15, 0.2) is 30.3 Å². The van der Waals surface area contributed by atoms with Gasteiger partial charge in [-0.1, -0.05) is 19.4 Å². The van der Waals surface area contributed by atoms with E-state index in [2.05, 4.69) is 32.0 Å². The lowest BCUT2D eigenvalue weighted by Gasteiger charge is -2.22. The number of ether oxygens (including phenoxy) is 3. The summed E-state index contributed by atoms with van der Waals surface area (Å²) < 4.78 is 17.2. The van der Waals surface area contributed by atoms with Crippen LogP contribution in [0.1, 0.15) is 36.5 Å². The number of pyridine rings is 1. The van der Waals surface area contributed by atoms with Crippen LogP contribution in [-0.4, -0.2) is 25.8 Å². The van der Waals surface area contributed by atoms with Gasteiger partial charge in [0.15, 0.2) is 11.5 Å². The topological polar surface area (TPSA) is 40.6 Å². The van der Waals surface area contributed by atoms with Gasteiger partial charge in [0, 0.05) is 10.9 Å². The quantitative estimate of drug-likeness (QED) is 0.532. The fourth-order valence-electron chi connectivity index (χ4n) is 3.96. The van der Waals surface area contributed by atoms with E-state index in [0.717, 1.165) is 59.5 Å². The van der Waals surface area contributed by atoms with Crippen molar-refractivity contribution in [3.05, 3.63) is 47.0 Å². The van der Waals surface area contributed by atoms with Crippen LogP contribution in [0.4, 0.5) is 0 Å². The molecule has 0 atom stereocenters. The summed E-state index contributed by atoms with van der Waals surface area (Å²) in [7, 11) is 3.41. The zero-order chi connectivity index (χ0) is 19.7. The molecule has 4 nitrogen and oxygen atoms in total. The summed E-state index contributed by atoms with van der Waals surface area (Å²) in [6.07, 6.45) is 4.10. The molecule has 1 aliphatic carbocycles. The molecule has 4 heteroatoms. The molecule has 0 unspecified atom stereocenters. The fourth-order valence-corrected chi connectivity index (χ4v) is 3.96. The molecule has 0 saturated heterocycles. The molecular formula is C24H27NO3. The number of hydrogen-bond donors (Lipinski definition) is 0. The highest BCUT2D eigenvalue weighted by atomic mass is 16.5. The minimum atomic E-state index is 0.683. The zero-order valence-corrected chi connectivity index (χ0v) is 17.1. The number of rotatable bonds is 6. The average molecular weight is 377 g/mol. The highest BCUT2D eigenvalue weighted by Crippen LogP contribution is 2.41. The van der Waals surface area contributed by atoms with Gasteiger partial charge >= 0.3 is 0 Å². The first kappa shape index (κ1) is 18.6. The van der Waals surface area contributed by atoms with Gasteiger partial charge in [-0.15, -0.1) is 0 Å². The Bertz CT molecular complexity index is 1030. The van der Waals surface area contributed by atoms with Crippen LogP contribution in [0, 0.1) is 6.92 Å². The number of hydrogen-bond acceptors (Lipinski definition) is 4. The second-order valence-electron chi connectivity index (χ2n) is 7.34. The summed E-state index contributed by atoms with van der Waals surface area (Å²) in [4.78, 5) is 5.04. The lowest BCUT2D eigenvalue weighted by atomic mass is 9.87. The summed E-state index contributed by atoms with van der Waals surface area (Å²) >= 11 is 0. The molecule has 0 amide bonds. The van der Waals surface area contributed by atoms with E-state index in [1.54, 1.807) is 14.2 Å². The molecule has 1 aromatic heterocycles. The van der Waals surface area contributed by atoms with Crippen LogP contribution in [0.25, 0.3) is 22.2 Å². The van der Waals surface area contributed by atoms with Crippen molar-refractivity contribution < 1.29 is 14.2 Å². The molecule has 3 aromatic rings. The minimum Gasteiger partial charge on any atom is -0.496 e. The molecule has 0 fully saturated rings. The molecule has 1 aliphatic rings. The Morgan fingerprint density at radius 2 is 1.75 bits per heavy atom. The van der Waals surface area contributed by atoms with Gasteiger partial charge < -0.3 is 14.2 Å². The summed E-state index contributed by atoms with van der Waals surface area (Å²) in [5.74, 6) is 2.47.